The highest BCUT2D eigenvalue weighted by Crippen LogP contribution is 2.30. The van der Waals surface area contributed by atoms with E-state index in [1.165, 1.54) is 0 Å². The van der Waals surface area contributed by atoms with E-state index in [0.29, 0.717) is 0 Å². The van der Waals surface area contributed by atoms with Crippen LogP contribution in [0.4, 0.5) is 0 Å². The van der Waals surface area contributed by atoms with Gasteiger partial charge in [0, 0.05) is 66.0 Å². The number of piperazine rings is 1. The molecular weight excluding hydrogens is 318 g/mol. The SMILES string of the molecule is COCCN1CCN(Cc2cncc(C3CCCN3C(C)=O)n2)CC1. The van der Waals surface area contributed by atoms with Crippen molar-refractivity contribution in [2.24, 2.45) is 0 Å². The van der Waals surface area contributed by atoms with Gasteiger partial charge < -0.3 is 9.64 Å². The number of methoxy groups -OCH3 is 1. The van der Waals surface area contributed by atoms with Crippen LogP contribution in [0.2, 0.25) is 0 Å². The number of amides is 1. The molecule has 138 valence electrons. The number of carbonyl (C=O) groups is 1. The van der Waals surface area contributed by atoms with Gasteiger partial charge in [-0.2, -0.15) is 0 Å². The molecular formula is C18H29N5O2. The van der Waals surface area contributed by atoms with E-state index in [9.17, 15) is 4.79 Å². The molecule has 3 rings (SSSR count). The third-order valence-corrected chi connectivity index (χ3v) is 5.16. The average molecular weight is 347 g/mol. The maximum Gasteiger partial charge on any atom is 0.220 e. The molecule has 0 saturated carbocycles. The van der Waals surface area contributed by atoms with Crippen molar-refractivity contribution in [3.05, 3.63) is 23.8 Å². The van der Waals surface area contributed by atoms with Crippen LogP contribution in [0.15, 0.2) is 12.4 Å². The van der Waals surface area contributed by atoms with Crippen LogP contribution in [-0.2, 0) is 16.1 Å². The lowest BCUT2D eigenvalue weighted by Gasteiger charge is -2.34. The van der Waals surface area contributed by atoms with E-state index in [0.717, 1.165) is 76.6 Å². The first-order valence-corrected chi connectivity index (χ1v) is 9.19. The molecule has 25 heavy (non-hydrogen) atoms. The van der Waals surface area contributed by atoms with Crippen molar-refractivity contribution in [1.29, 1.82) is 0 Å². The Morgan fingerprint density at radius 1 is 1.20 bits per heavy atom. The molecule has 1 aromatic rings. The van der Waals surface area contributed by atoms with E-state index in [-0.39, 0.29) is 11.9 Å². The van der Waals surface area contributed by atoms with Crippen LogP contribution in [0.1, 0.15) is 37.2 Å². The van der Waals surface area contributed by atoms with Gasteiger partial charge in [-0.15, -0.1) is 0 Å². The Balaban J connectivity index is 1.57. The molecule has 0 aliphatic carbocycles. The Hall–Kier alpha value is -1.57. The van der Waals surface area contributed by atoms with Crippen LogP contribution < -0.4 is 0 Å². The van der Waals surface area contributed by atoms with Crippen LogP contribution in [0, 0.1) is 0 Å². The summed E-state index contributed by atoms with van der Waals surface area (Å²) < 4.78 is 5.15. The van der Waals surface area contributed by atoms with E-state index < -0.39 is 0 Å². The fourth-order valence-corrected chi connectivity index (χ4v) is 3.73. The molecule has 0 N–H and O–H groups in total. The van der Waals surface area contributed by atoms with Gasteiger partial charge in [0.1, 0.15) is 0 Å². The van der Waals surface area contributed by atoms with E-state index >= 15 is 0 Å². The van der Waals surface area contributed by atoms with E-state index in [1.807, 2.05) is 17.3 Å². The van der Waals surface area contributed by atoms with Gasteiger partial charge in [0.05, 0.1) is 30.2 Å². The molecule has 1 atom stereocenters. The van der Waals surface area contributed by atoms with E-state index in [1.54, 1.807) is 14.0 Å². The maximum absolute atomic E-state index is 11.8. The second kappa shape index (κ2) is 8.69. The average Bonchev–Trinajstić information content (AvgIpc) is 3.11. The molecule has 2 fully saturated rings. The largest absolute Gasteiger partial charge is 0.383 e. The number of rotatable bonds is 6. The van der Waals surface area contributed by atoms with Crippen LogP contribution in [-0.4, -0.2) is 83.6 Å². The summed E-state index contributed by atoms with van der Waals surface area (Å²) in [5.41, 5.74) is 1.93. The number of hydrogen-bond donors (Lipinski definition) is 0. The van der Waals surface area contributed by atoms with Crippen molar-refractivity contribution in [2.75, 3.05) is 53.0 Å². The van der Waals surface area contributed by atoms with E-state index in [2.05, 4.69) is 14.8 Å². The second-order valence-corrected chi connectivity index (χ2v) is 6.92. The van der Waals surface area contributed by atoms with Crippen molar-refractivity contribution in [2.45, 2.75) is 32.4 Å². The normalized spacial score (nSPS) is 22.5. The van der Waals surface area contributed by atoms with Gasteiger partial charge in [-0.25, -0.2) is 0 Å². The first-order chi connectivity index (χ1) is 12.2. The highest BCUT2D eigenvalue weighted by Gasteiger charge is 2.29. The molecule has 1 amide bonds. The monoisotopic (exact) mass is 347 g/mol. The lowest BCUT2D eigenvalue weighted by Crippen LogP contribution is -2.46. The van der Waals surface area contributed by atoms with Crippen LogP contribution in [0.3, 0.4) is 0 Å². The Morgan fingerprint density at radius 2 is 1.96 bits per heavy atom. The summed E-state index contributed by atoms with van der Waals surface area (Å²) in [6.07, 6.45) is 5.70. The van der Waals surface area contributed by atoms with Gasteiger partial charge >= 0.3 is 0 Å². The molecule has 1 aromatic heterocycles. The minimum absolute atomic E-state index is 0.0934. The van der Waals surface area contributed by atoms with Crippen molar-refractivity contribution >= 4 is 5.91 Å². The molecule has 7 nitrogen and oxygen atoms in total. The fourth-order valence-electron chi connectivity index (χ4n) is 3.73. The zero-order valence-electron chi connectivity index (χ0n) is 15.4. The predicted molar refractivity (Wildman–Crippen MR) is 95.0 cm³/mol. The van der Waals surface area contributed by atoms with Crippen molar-refractivity contribution < 1.29 is 9.53 Å². The molecule has 2 aliphatic heterocycles. The van der Waals surface area contributed by atoms with Crippen LogP contribution in [0.25, 0.3) is 0 Å². The summed E-state index contributed by atoms with van der Waals surface area (Å²) in [6.45, 7) is 9.30. The smallest absolute Gasteiger partial charge is 0.220 e. The third-order valence-electron chi connectivity index (χ3n) is 5.16. The standard InChI is InChI=1S/C18H29N5O2/c1-15(24)23-5-3-4-18(23)17-13-19-12-16(20-17)14-22-8-6-21(7-9-22)10-11-25-2/h12-13,18H,3-11,14H2,1-2H3. The number of hydrogen-bond acceptors (Lipinski definition) is 6. The van der Waals surface area contributed by atoms with Crippen molar-refractivity contribution in [1.82, 2.24) is 24.7 Å². The van der Waals surface area contributed by atoms with Gasteiger partial charge in [-0.3, -0.25) is 24.6 Å². The number of ether oxygens (including phenoxy) is 1. The van der Waals surface area contributed by atoms with Gasteiger partial charge in [0.25, 0.3) is 0 Å². The Morgan fingerprint density at radius 3 is 2.68 bits per heavy atom. The van der Waals surface area contributed by atoms with Gasteiger partial charge in [-0.05, 0) is 12.8 Å². The lowest BCUT2D eigenvalue weighted by molar-refractivity contribution is -0.129. The number of aromatic nitrogens is 2. The Kier molecular flexibility index (Phi) is 6.34. The third kappa shape index (κ3) is 4.74. The van der Waals surface area contributed by atoms with E-state index in [4.69, 9.17) is 9.72 Å². The van der Waals surface area contributed by atoms with Gasteiger partial charge in [0.2, 0.25) is 5.91 Å². The highest BCUT2D eigenvalue weighted by molar-refractivity contribution is 5.74. The summed E-state index contributed by atoms with van der Waals surface area (Å²) in [4.78, 5) is 27.8. The molecule has 0 bridgehead atoms. The molecule has 2 aliphatic rings. The first-order valence-electron chi connectivity index (χ1n) is 9.19. The second-order valence-electron chi connectivity index (χ2n) is 6.92. The summed E-state index contributed by atoms with van der Waals surface area (Å²) in [5, 5.41) is 0. The fraction of sp³-hybridized carbons (Fsp3) is 0.722. The summed E-state index contributed by atoms with van der Waals surface area (Å²) in [5.74, 6) is 0.127. The lowest BCUT2D eigenvalue weighted by atomic mass is 10.1. The maximum atomic E-state index is 11.8. The zero-order chi connectivity index (χ0) is 17.6. The van der Waals surface area contributed by atoms with Gasteiger partial charge in [-0.1, -0.05) is 0 Å². The molecule has 2 saturated heterocycles. The van der Waals surface area contributed by atoms with Crippen molar-refractivity contribution in [3.63, 3.8) is 0 Å². The topological polar surface area (TPSA) is 61.8 Å². The van der Waals surface area contributed by atoms with Crippen LogP contribution in [0.5, 0.6) is 0 Å². The summed E-state index contributed by atoms with van der Waals surface area (Å²) in [7, 11) is 1.75. The van der Waals surface area contributed by atoms with Gasteiger partial charge in [0.15, 0.2) is 0 Å². The molecule has 0 spiro atoms. The zero-order valence-corrected chi connectivity index (χ0v) is 15.4. The minimum Gasteiger partial charge on any atom is -0.383 e. The molecule has 1 unspecified atom stereocenters. The minimum atomic E-state index is 0.0934. The quantitative estimate of drug-likeness (QED) is 0.763. The summed E-state index contributed by atoms with van der Waals surface area (Å²) >= 11 is 0. The molecule has 7 heteroatoms. The summed E-state index contributed by atoms with van der Waals surface area (Å²) in [6, 6.07) is 0.0934. The first kappa shape index (κ1) is 18.2. The van der Waals surface area contributed by atoms with Crippen molar-refractivity contribution in [3.8, 4) is 0 Å². The highest BCUT2D eigenvalue weighted by atomic mass is 16.5. The number of likely N-dealkylation sites (tertiary alicyclic amines) is 1. The number of nitrogens with zero attached hydrogens (tertiary/aromatic N) is 5. The van der Waals surface area contributed by atoms with Crippen LogP contribution >= 0.6 is 0 Å². The molecule has 0 aromatic carbocycles. The molecule has 3 heterocycles. The Labute approximate surface area is 150 Å². The predicted octanol–water partition coefficient (Wildman–Crippen LogP) is 0.924. The Bertz CT molecular complexity index is 574. The molecule has 0 radical (unpaired) electrons. The number of carbonyl (C=O) groups excluding carboxylic acids is 1.